The van der Waals surface area contributed by atoms with Crippen molar-refractivity contribution in [2.24, 2.45) is 0 Å². The van der Waals surface area contributed by atoms with Gasteiger partial charge in [0, 0.05) is 18.0 Å². The van der Waals surface area contributed by atoms with E-state index in [0.29, 0.717) is 22.8 Å². The summed E-state index contributed by atoms with van der Waals surface area (Å²) in [6.45, 7) is 1.24. The summed E-state index contributed by atoms with van der Waals surface area (Å²) in [6.07, 6.45) is 2.75. The summed E-state index contributed by atoms with van der Waals surface area (Å²) in [5.74, 6) is 1.43. The molecular formula is C27H21F4N3O3. The molecule has 0 atom stereocenters. The van der Waals surface area contributed by atoms with E-state index in [1.807, 2.05) is 0 Å². The molecule has 190 valence electrons. The van der Waals surface area contributed by atoms with E-state index in [4.69, 9.17) is 10.8 Å². The van der Waals surface area contributed by atoms with E-state index < -0.39 is 41.5 Å². The number of aromatic nitrogens is 1. The van der Waals surface area contributed by atoms with Crippen molar-refractivity contribution < 1.29 is 31.6 Å². The van der Waals surface area contributed by atoms with Gasteiger partial charge in [-0.3, -0.25) is 14.5 Å². The van der Waals surface area contributed by atoms with Crippen LogP contribution < -0.4 is 4.90 Å². The number of hydrogen-bond acceptors (Lipinski definition) is 4. The van der Waals surface area contributed by atoms with E-state index in [1.165, 1.54) is 29.2 Å². The minimum absolute atomic E-state index is 0.0682. The molecule has 37 heavy (non-hydrogen) atoms. The largest absolute Gasteiger partial charge is 0.446 e. The second-order valence-corrected chi connectivity index (χ2v) is 9.32. The Morgan fingerprint density at radius 3 is 2.43 bits per heavy atom. The maximum Gasteiger partial charge on any atom is 0.416 e. The van der Waals surface area contributed by atoms with Crippen molar-refractivity contribution in [1.82, 2.24) is 9.88 Å². The maximum absolute atomic E-state index is 14.9. The van der Waals surface area contributed by atoms with Crippen LogP contribution in [-0.2, 0) is 22.3 Å². The molecule has 1 aromatic heterocycles. The molecule has 0 unspecified atom stereocenters. The third-order valence-electron chi connectivity index (χ3n) is 6.94. The summed E-state index contributed by atoms with van der Waals surface area (Å²) in [7, 11) is 0. The van der Waals surface area contributed by atoms with Crippen molar-refractivity contribution in [2.45, 2.75) is 43.9 Å². The van der Waals surface area contributed by atoms with Crippen molar-refractivity contribution in [2.75, 3.05) is 11.4 Å². The molecule has 0 radical (unpaired) electrons. The van der Waals surface area contributed by atoms with Gasteiger partial charge in [-0.25, -0.2) is 9.37 Å². The van der Waals surface area contributed by atoms with E-state index in [9.17, 15) is 27.2 Å². The first-order chi connectivity index (χ1) is 17.5. The van der Waals surface area contributed by atoms with Gasteiger partial charge in [0.25, 0.3) is 5.91 Å². The van der Waals surface area contributed by atoms with Crippen LogP contribution in [-0.4, -0.2) is 33.8 Å². The summed E-state index contributed by atoms with van der Waals surface area (Å²) in [5, 5.41) is 0. The smallest absolute Gasteiger partial charge is 0.416 e. The van der Waals surface area contributed by atoms with E-state index in [2.05, 4.69) is 10.9 Å². The number of terminal acetylenes is 1. The van der Waals surface area contributed by atoms with Crippen LogP contribution in [0.15, 0.2) is 53.1 Å². The van der Waals surface area contributed by atoms with Crippen molar-refractivity contribution in [3.63, 3.8) is 0 Å². The van der Waals surface area contributed by atoms with Crippen molar-refractivity contribution in [3.05, 3.63) is 82.8 Å². The SMILES string of the molecule is C#Cc1ccc(N2CC(=O)N(Cc3ccc(C(F)(F)F)cc3)C3(CC(c4ncc(C)o4)C3)C2=O)c(F)c1. The highest BCUT2D eigenvalue weighted by atomic mass is 19.4. The third kappa shape index (κ3) is 4.24. The van der Waals surface area contributed by atoms with Crippen molar-refractivity contribution >= 4 is 17.5 Å². The van der Waals surface area contributed by atoms with Crippen LogP contribution in [0.2, 0.25) is 0 Å². The minimum atomic E-state index is -4.49. The first kappa shape index (κ1) is 24.6. The van der Waals surface area contributed by atoms with Crippen LogP contribution in [0.3, 0.4) is 0 Å². The lowest BCUT2D eigenvalue weighted by molar-refractivity contribution is -0.160. The number of nitrogens with zero attached hydrogens (tertiary/aromatic N) is 3. The minimum Gasteiger partial charge on any atom is -0.446 e. The Hall–Kier alpha value is -4.13. The zero-order valence-corrected chi connectivity index (χ0v) is 19.7. The molecule has 2 aromatic carbocycles. The molecule has 0 bridgehead atoms. The number of rotatable bonds is 4. The monoisotopic (exact) mass is 511 g/mol. The molecule has 2 aliphatic rings. The van der Waals surface area contributed by atoms with Gasteiger partial charge in [0.15, 0.2) is 5.89 Å². The zero-order valence-electron chi connectivity index (χ0n) is 19.7. The number of anilines is 1. The lowest BCUT2D eigenvalue weighted by Crippen LogP contribution is -2.72. The van der Waals surface area contributed by atoms with Crippen molar-refractivity contribution in [3.8, 4) is 12.3 Å². The molecule has 2 fully saturated rings. The quantitative estimate of drug-likeness (QED) is 0.373. The maximum atomic E-state index is 14.9. The molecular weight excluding hydrogens is 490 g/mol. The Labute approximate surface area is 209 Å². The number of carbonyl (C=O) groups excluding carboxylic acids is 2. The highest BCUT2D eigenvalue weighted by Crippen LogP contribution is 2.51. The number of hydrogen-bond donors (Lipinski definition) is 0. The summed E-state index contributed by atoms with van der Waals surface area (Å²) in [5.41, 5.74) is -1.49. The Kier molecular flexibility index (Phi) is 5.82. The zero-order chi connectivity index (χ0) is 26.5. The average molecular weight is 511 g/mol. The average Bonchev–Trinajstić information content (AvgIpc) is 3.26. The van der Waals surface area contributed by atoms with Gasteiger partial charge in [-0.05, 0) is 55.7 Å². The molecule has 6 nitrogen and oxygen atoms in total. The van der Waals surface area contributed by atoms with Crippen LogP contribution in [0.25, 0.3) is 0 Å². The summed E-state index contributed by atoms with van der Waals surface area (Å²) in [6, 6.07) is 8.41. The van der Waals surface area contributed by atoms with Gasteiger partial charge in [0.05, 0.1) is 17.4 Å². The standard InChI is InChI=1S/C27H21F4N3O3/c1-3-17-6-9-22(21(28)10-17)33-15-23(35)34(14-18-4-7-20(8-5-18)27(29,30)31)26(25(33)36)11-19(12-26)24-32-13-16(2)37-24/h1,4-10,13,19H,11-12,14-15H2,2H3. The van der Waals surface area contributed by atoms with E-state index >= 15 is 0 Å². The summed E-state index contributed by atoms with van der Waals surface area (Å²) in [4.78, 5) is 34.0. The van der Waals surface area contributed by atoms with Crippen LogP contribution in [0.1, 0.15) is 47.1 Å². The topological polar surface area (TPSA) is 66.7 Å². The number of alkyl halides is 3. The van der Waals surface area contributed by atoms with Gasteiger partial charge < -0.3 is 9.32 Å². The number of carbonyl (C=O) groups is 2. The number of aryl methyl sites for hydroxylation is 1. The fraction of sp³-hybridized carbons (Fsp3) is 0.296. The van der Waals surface area contributed by atoms with E-state index in [1.54, 1.807) is 13.1 Å². The second kappa shape index (κ2) is 8.76. The van der Waals surface area contributed by atoms with Gasteiger partial charge in [0.1, 0.15) is 23.7 Å². The lowest BCUT2D eigenvalue weighted by Gasteiger charge is -2.56. The number of benzene rings is 2. The number of oxazole rings is 1. The molecule has 0 N–H and O–H groups in total. The van der Waals surface area contributed by atoms with Gasteiger partial charge >= 0.3 is 6.18 Å². The first-order valence-corrected chi connectivity index (χ1v) is 11.5. The van der Waals surface area contributed by atoms with E-state index in [-0.39, 0.29) is 31.0 Å². The van der Waals surface area contributed by atoms with Crippen LogP contribution in [0.4, 0.5) is 23.2 Å². The molecule has 10 heteroatoms. The van der Waals surface area contributed by atoms with Gasteiger partial charge in [-0.2, -0.15) is 13.2 Å². The number of amides is 2. The third-order valence-corrected chi connectivity index (χ3v) is 6.94. The molecule has 1 spiro atoms. The Morgan fingerprint density at radius 2 is 1.86 bits per heavy atom. The molecule has 3 aromatic rings. The molecule has 5 rings (SSSR count). The molecule has 2 amide bonds. The fourth-order valence-electron chi connectivity index (χ4n) is 5.02. The second-order valence-electron chi connectivity index (χ2n) is 9.32. The fourth-order valence-corrected chi connectivity index (χ4v) is 5.02. The van der Waals surface area contributed by atoms with Gasteiger partial charge in [0.2, 0.25) is 5.91 Å². The normalized spacial score (nSPS) is 21.8. The molecule has 2 heterocycles. The Balaban J connectivity index is 1.48. The Bertz CT molecular complexity index is 1420. The number of halogens is 4. The molecule has 1 saturated carbocycles. The number of piperazine rings is 1. The lowest BCUT2D eigenvalue weighted by atomic mass is 9.65. The Morgan fingerprint density at radius 1 is 1.16 bits per heavy atom. The molecule has 1 saturated heterocycles. The van der Waals surface area contributed by atoms with E-state index in [0.717, 1.165) is 23.1 Å². The summed E-state index contributed by atoms with van der Waals surface area (Å²) < 4.78 is 59.5. The highest BCUT2D eigenvalue weighted by molar-refractivity contribution is 6.10. The predicted octanol–water partition coefficient (Wildman–Crippen LogP) is 4.81. The molecule has 1 aliphatic heterocycles. The van der Waals surface area contributed by atoms with Crippen LogP contribution in [0.5, 0.6) is 0 Å². The van der Waals surface area contributed by atoms with Crippen molar-refractivity contribution in [1.29, 1.82) is 0 Å². The van der Waals surface area contributed by atoms with Gasteiger partial charge in [-0.1, -0.05) is 18.1 Å². The predicted molar refractivity (Wildman–Crippen MR) is 125 cm³/mol. The summed E-state index contributed by atoms with van der Waals surface area (Å²) >= 11 is 0. The first-order valence-electron chi connectivity index (χ1n) is 11.5. The van der Waals surface area contributed by atoms with Crippen LogP contribution >= 0.6 is 0 Å². The van der Waals surface area contributed by atoms with Crippen LogP contribution in [0, 0.1) is 25.1 Å². The highest BCUT2D eigenvalue weighted by Gasteiger charge is 2.61. The van der Waals surface area contributed by atoms with Gasteiger partial charge in [-0.15, -0.1) is 6.42 Å². The molecule has 1 aliphatic carbocycles.